The number of hydrogen-bond acceptors (Lipinski definition) is 8. The number of nitrogens with zero attached hydrogens (tertiary/aromatic N) is 4. The summed E-state index contributed by atoms with van der Waals surface area (Å²) in [5.74, 6) is 0.889. The van der Waals surface area contributed by atoms with Crippen molar-refractivity contribution in [2.45, 2.75) is 5.16 Å². The summed E-state index contributed by atoms with van der Waals surface area (Å²) in [7, 11) is 1.55. The van der Waals surface area contributed by atoms with E-state index in [9.17, 15) is 15.4 Å². The Morgan fingerprint density at radius 3 is 2.68 bits per heavy atom. The van der Waals surface area contributed by atoms with E-state index >= 15 is 0 Å². The second kappa shape index (κ2) is 8.37. The average Bonchev–Trinajstić information content (AvgIpc) is 2.73. The van der Waals surface area contributed by atoms with Crippen molar-refractivity contribution in [1.82, 2.24) is 9.97 Å². The van der Waals surface area contributed by atoms with Gasteiger partial charge in [-0.25, -0.2) is 9.97 Å². The minimum atomic E-state index is -0.486. The van der Waals surface area contributed by atoms with Gasteiger partial charge >= 0.3 is 0 Å². The van der Waals surface area contributed by atoms with Gasteiger partial charge in [0.25, 0.3) is 5.69 Å². The number of para-hydroxylation sites is 2. The molecule has 0 saturated heterocycles. The van der Waals surface area contributed by atoms with Gasteiger partial charge in [-0.05, 0) is 18.4 Å². The Kier molecular flexibility index (Phi) is 5.72. The standard InChI is InChI=1S/C19H15N5O3S/c1-27-16-9-4-3-8-15(16)21-18-14(11-20)17(22-19(23-18)28-2)12-6-5-7-13(10-12)24(25)26/h3-10H,1-2H3,(H,21,22,23). The van der Waals surface area contributed by atoms with E-state index in [2.05, 4.69) is 21.4 Å². The molecule has 0 bridgehead atoms. The predicted molar refractivity (Wildman–Crippen MR) is 107 cm³/mol. The first kappa shape index (κ1) is 19.1. The van der Waals surface area contributed by atoms with Crippen LogP contribution in [0.5, 0.6) is 5.75 Å². The monoisotopic (exact) mass is 393 g/mol. The number of methoxy groups -OCH3 is 1. The summed E-state index contributed by atoms with van der Waals surface area (Å²) in [6, 6.07) is 15.4. The number of thioether (sulfide) groups is 1. The van der Waals surface area contributed by atoms with Crippen LogP contribution in [0.1, 0.15) is 5.56 Å². The molecule has 3 aromatic rings. The van der Waals surface area contributed by atoms with Gasteiger partial charge in [0.15, 0.2) is 11.0 Å². The van der Waals surface area contributed by atoms with Crippen molar-refractivity contribution in [3.05, 3.63) is 64.2 Å². The normalized spacial score (nSPS) is 10.2. The van der Waals surface area contributed by atoms with Gasteiger partial charge in [0.05, 0.1) is 23.4 Å². The Balaban J connectivity index is 2.17. The van der Waals surface area contributed by atoms with E-state index < -0.39 is 4.92 Å². The summed E-state index contributed by atoms with van der Waals surface area (Å²) in [4.78, 5) is 19.5. The van der Waals surface area contributed by atoms with Crippen LogP contribution in [0.4, 0.5) is 17.2 Å². The zero-order chi connectivity index (χ0) is 20.1. The number of aromatic nitrogens is 2. The number of anilines is 2. The third kappa shape index (κ3) is 3.87. The molecule has 140 valence electrons. The third-order valence-corrected chi connectivity index (χ3v) is 4.42. The molecule has 0 spiro atoms. The molecule has 0 aliphatic heterocycles. The summed E-state index contributed by atoms with van der Waals surface area (Å²) in [5.41, 5.74) is 1.53. The van der Waals surface area contributed by atoms with Gasteiger partial charge in [-0.15, -0.1) is 0 Å². The van der Waals surface area contributed by atoms with Crippen LogP contribution in [-0.4, -0.2) is 28.3 Å². The first-order valence-corrected chi connectivity index (χ1v) is 9.30. The number of hydrogen-bond donors (Lipinski definition) is 1. The maximum atomic E-state index is 11.1. The van der Waals surface area contributed by atoms with Gasteiger partial charge in [-0.2, -0.15) is 5.26 Å². The Hall–Kier alpha value is -3.64. The molecule has 2 aromatic carbocycles. The van der Waals surface area contributed by atoms with E-state index in [1.165, 1.54) is 23.9 Å². The number of non-ortho nitro benzene ring substituents is 1. The highest BCUT2D eigenvalue weighted by Crippen LogP contribution is 2.33. The zero-order valence-electron chi connectivity index (χ0n) is 15.0. The fourth-order valence-electron chi connectivity index (χ4n) is 2.58. The molecule has 0 amide bonds. The van der Waals surface area contributed by atoms with Crippen molar-refractivity contribution < 1.29 is 9.66 Å². The number of ether oxygens (including phenoxy) is 1. The van der Waals surface area contributed by atoms with Crippen LogP contribution in [-0.2, 0) is 0 Å². The molecular weight excluding hydrogens is 378 g/mol. The Morgan fingerprint density at radius 1 is 1.21 bits per heavy atom. The van der Waals surface area contributed by atoms with Crippen LogP contribution in [0.2, 0.25) is 0 Å². The van der Waals surface area contributed by atoms with Crippen LogP contribution < -0.4 is 10.1 Å². The average molecular weight is 393 g/mol. The Morgan fingerprint density at radius 2 is 2.00 bits per heavy atom. The summed E-state index contributed by atoms with van der Waals surface area (Å²) in [6.07, 6.45) is 1.81. The van der Waals surface area contributed by atoms with Crippen molar-refractivity contribution in [3.8, 4) is 23.1 Å². The number of nitrogens with one attached hydrogen (secondary N) is 1. The van der Waals surface area contributed by atoms with Crippen LogP contribution in [0.15, 0.2) is 53.7 Å². The fourth-order valence-corrected chi connectivity index (χ4v) is 2.94. The minimum absolute atomic E-state index is 0.0788. The minimum Gasteiger partial charge on any atom is -0.495 e. The van der Waals surface area contributed by atoms with Gasteiger partial charge in [0.2, 0.25) is 0 Å². The molecule has 3 rings (SSSR count). The topological polar surface area (TPSA) is 114 Å². The van der Waals surface area contributed by atoms with E-state index in [1.807, 2.05) is 18.4 Å². The van der Waals surface area contributed by atoms with Gasteiger partial charge < -0.3 is 10.1 Å². The second-order valence-electron chi connectivity index (χ2n) is 5.53. The molecule has 0 atom stereocenters. The number of nitro groups is 1. The smallest absolute Gasteiger partial charge is 0.270 e. The lowest BCUT2D eigenvalue weighted by molar-refractivity contribution is -0.384. The molecule has 8 nitrogen and oxygen atoms in total. The van der Waals surface area contributed by atoms with Crippen molar-refractivity contribution in [2.24, 2.45) is 0 Å². The number of benzene rings is 2. The third-order valence-electron chi connectivity index (χ3n) is 3.87. The molecule has 0 radical (unpaired) electrons. The number of nitriles is 1. The maximum Gasteiger partial charge on any atom is 0.270 e. The molecule has 0 aliphatic carbocycles. The quantitative estimate of drug-likeness (QED) is 0.284. The molecule has 0 unspecified atom stereocenters. The van der Waals surface area contributed by atoms with E-state index in [4.69, 9.17) is 4.74 Å². The van der Waals surface area contributed by atoms with Crippen molar-refractivity contribution >= 4 is 29.0 Å². The summed E-state index contributed by atoms with van der Waals surface area (Å²) < 4.78 is 5.34. The number of rotatable bonds is 6. The first-order chi connectivity index (χ1) is 13.6. The number of nitro benzene ring substituents is 1. The molecule has 28 heavy (non-hydrogen) atoms. The lowest BCUT2D eigenvalue weighted by atomic mass is 10.1. The largest absolute Gasteiger partial charge is 0.495 e. The fraction of sp³-hybridized carbons (Fsp3) is 0.105. The van der Waals surface area contributed by atoms with Crippen molar-refractivity contribution in [1.29, 1.82) is 5.26 Å². The molecule has 0 saturated carbocycles. The highest BCUT2D eigenvalue weighted by Gasteiger charge is 2.19. The first-order valence-electron chi connectivity index (χ1n) is 8.08. The molecule has 1 N–H and O–H groups in total. The lowest BCUT2D eigenvalue weighted by Gasteiger charge is -2.14. The predicted octanol–water partition coefficient (Wildman–Crippen LogP) is 4.40. The molecule has 0 fully saturated rings. The van der Waals surface area contributed by atoms with Crippen LogP contribution in [0, 0.1) is 21.4 Å². The summed E-state index contributed by atoms with van der Waals surface area (Å²) in [5, 5.41) is 24.4. The van der Waals surface area contributed by atoms with E-state index in [0.717, 1.165) is 0 Å². The highest BCUT2D eigenvalue weighted by atomic mass is 32.2. The zero-order valence-corrected chi connectivity index (χ0v) is 15.9. The molecule has 9 heteroatoms. The second-order valence-corrected chi connectivity index (χ2v) is 6.30. The van der Waals surface area contributed by atoms with Gasteiger partial charge in [0, 0.05) is 17.7 Å². The van der Waals surface area contributed by atoms with E-state index in [0.29, 0.717) is 33.7 Å². The molecular formula is C19H15N5O3S. The van der Waals surface area contributed by atoms with Gasteiger partial charge in [-0.3, -0.25) is 10.1 Å². The van der Waals surface area contributed by atoms with Crippen LogP contribution in [0.3, 0.4) is 0 Å². The molecule has 1 heterocycles. The maximum absolute atomic E-state index is 11.1. The van der Waals surface area contributed by atoms with Crippen molar-refractivity contribution in [3.63, 3.8) is 0 Å². The van der Waals surface area contributed by atoms with Crippen LogP contribution >= 0.6 is 11.8 Å². The Labute approximate surface area is 165 Å². The Bertz CT molecular complexity index is 1080. The highest BCUT2D eigenvalue weighted by molar-refractivity contribution is 7.98. The summed E-state index contributed by atoms with van der Waals surface area (Å²) in [6.45, 7) is 0. The summed E-state index contributed by atoms with van der Waals surface area (Å²) >= 11 is 1.31. The van der Waals surface area contributed by atoms with E-state index in [1.54, 1.807) is 31.4 Å². The molecule has 0 aliphatic rings. The van der Waals surface area contributed by atoms with Gasteiger partial charge in [-0.1, -0.05) is 36.0 Å². The molecule has 1 aromatic heterocycles. The van der Waals surface area contributed by atoms with Gasteiger partial charge in [0.1, 0.15) is 17.4 Å². The van der Waals surface area contributed by atoms with E-state index in [-0.39, 0.29) is 11.3 Å². The SMILES string of the molecule is COc1ccccc1Nc1nc(SC)nc(-c2cccc([N+](=O)[O-])c2)c1C#N. The lowest BCUT2D eigenvalue weighted by Crippen LogP contribution is -2.04. The van der Waals surface area contributed by atoms with Crippen LogP contribution in [0.25, 0.3) is 11.3 Å². The van der Waals surface area contributed by atoms with Crippen molar-refractivity contribution in [2.75, 3.05) is 18.7 Å².